The Morgan fingerprint density at radius 2 is 2.19 bits per heavy atom. The Morgan fingerprint density at radius 3 is 2.81 bits per heavy atom. The van der Waals surface area contributed by atoms with Gasteiger partial charge in [-0.3, -0.25) is 0 Å². The third kappa shape index (κ3) is 5.16. The van der Waals surface area contributed by atoms with E-state index in [-0.39, 0.29) is 25.1 Å². The highest BCUT2D eigenvalue weighted by Crippen LogP contribution is 2.19. The van der Waals surface area contributed by atoms with E-state index in [1.807, 2.05) is 24.3 Å². The monoisotopic (exact) mass is 309 g/mol. The molecule has 0 aromatic heterocycles. The van der Waals surface area contributed by atoms with Crippen molar-refractivity contribution in [1.82, 2.24) is 0 Å². The SMILES string of the molecule is Cl.NC(CCO)c1cccc(OCCBr)c1. The molecule has 1 atom stereocenters. The molecule has 1 aromatic carbocycles. The fraction of sp³-hybridized carbons (Fsp3) is 0.455. The van der Waals surface area contributed by atoms with Gasteiger partial charge in [0.25, 0.3) is 0 Å². The van der Waals surface area contributed by atoms with Crippen LogP contribution in [-0.2, 0) is 0 Å². The van der Waals surface area contributed by atoms with Gasteiger partial charge >= 0.3 is 0 Å². The first-order valence-electron chi connectivity index (χ1n) is 4.93. The molecule has 5 heteroatoms. The maximum atomic E-state index is 8.79. The van der Waals surface area contributed by atoms with Gasteiger partial charge in [-0.05, 0) is 24.1 Å². The molecule has 1 unspecified atom stereocenters. The van der Waals surface area contributed by atoms with E-state index in [2.05, 4.69) is 15.9 Å². The summed E-state index contributed by atoms with van der Waals surface area (Å²) in [7, 11) is 0. The highest BCUT2D eigenvalue weighted by Gasteiger charge is 2.05. The second kappa shape index (κ2) is 8.82. The zero-order valence-electron chi connectivity index (χ0n) is 8.93. The van der Waals surface area contributed by atoms with Gasteiger partial charge in [-0.2, -0.15) is 0 Å². The lowest BCUT2D eigenvalue weighted by Crippen LogP contribution is -2.12. The highest BCUT2D eigenvalue weighted by molar-refractivity contribution is 9.09. The number of hydrogen-bond donors (Lipinski definition) is 2. The molecule has 0 aliphatic heterocycles. The summed E-state index contributed by atoms with van der Waals surface area (Å²) in [6.45, 7) is 0.742. The molecule has 16 heavy (non-hydrogen) atoms. The summed E-state index contributed by atoms with van der Waals surface area (Å²) in [6.07, 6.45) is 0.571. The smallest absolute Gasteiger partial charge is 0.119 e. The molecule has 92 valence electrons. The summed E-state index contributed by atoms with van der Waals surface area (Å²) in [5.74, 6) is 0.820. The maximum absolute atomic E-state index is 8.79. The normalized spacial score (nSPS) is 11.7. The van der Waals surface area contributed by atoms with Crippen molar-refractivity contribution in [3.8, 4) is 5.75 Å². The zero-order valence-corrected chi connectivity index (χ0v) is 11.3. The van der Waals surface area contributed by atoms with Crippen molar-refractivity contribution in [2.45, 2.75) is 12.5 Å². The number of aliphatic hydroxyl groups is 1. The Hall–Kier alpha value is -0.290. The van der Waals surface area contributed by atoms with Gasteiger partial charge in [0.05, 0.1) is 6.61 Å². The lowest BCUT2D eigenvalue weighted by Gasteiger charge is -2.12. The Bertz CT molecular complexity index is 299. The first-order chi connectivity index (χ1) is 7.27. The molecule has 1 aromatic rings. The van der Waals surface area contributed by atoms with Crippen molar-refractivity contribution in [2.24, 2.45) is 5.73 Å². The third-order valence-corrected chi connectivity index (χ3v) is 2.40. The van der Waals surface area contributed by atoms with Crippen LogP contribution in [0.5, 0.6) is 5.75 Å². The average molecular weight is 311 g/mol. The van der Waals surface area contributed by atoms with Gasteiger partial charge in [-0.25, -0.2) is 0 Å². The molecular weight excluding hydrogens is 293 g/mol. The first kappa shape index (κ1) is 15.7. The van der Waals surface area contributed by atoms with Crippen LogP contribution < -0.4 is 10.5 Å². The van der Waals surface area contributed by atoms with E-state index in [1.54, 1.807) is 0 Å². The lowest BCUT2D eigenvalue weighted by atomic mass is 10.1. The number of halogens is 2. The summed E-state index contributed by atoms with van der Waals surface area (Å²) in [4.78, 5) is 0. The van der Waals surface area contributed by atoms with E-state index in [0.29, 0.717) is 13.0 Å². The van der Waals surface area contributed by atoms with Gasteiger partial charge in [0.2, 0.25) is 0 Å². The summed E-state index contributed by atoms with van der Waals surface area (Å²) in [5.41, 5.74) is 6.87. The summed E-state index contributed by atoms with van der Waals surface area (Å²) >= 11 is 3.30. The number of rotatable bonds is 6. The van der Waals surface area contributed by atoms with Crippen LogP contribution in [0.25, 0.3) is 0 Å². The fourth-order valence-corrected chi connectivity index (χ4v) is 1.46. The quantitative estimate of drug-likeness (QED) is 0.793. The van der Waals surface area contributed by atoms with E-state index in [1.165, 1.54) is 0 Å². The Kier molecular flexibility index (Phi) is 8.66. The molecule has 3 nitrogen and oxygen atoms in total. The number of aliphatic hydroxyl groups excluding tert-OH is 1. The minimum Gasteiger partial charge on any atom is -0.493 e. The molecule has 0 aliphatic carbocycles. The van der Waals surface area contributed by atoms with Gasteiger partial charge in [-0.15, -0.1) is 12.4 Å². The Labute approximate surface area is 111 Å². The minimum absolute atomic E-state index is 0. The Balaban J connectivity index is 0.00000225. The summed E-state index contributed by atoms with van der Waals surface area (Å²) in [5, 5.41) is 9.60. The van der Waals surface area contributed by atoms with Crippen LogP contribution in [0.15, 0.2) is 24.3 Å². The number of nitrogens with two attached hydrogens (primary N) is 1. The van der Waals surface area contributed by atoms with E-state index in [0.717, 1.165) is 16.6 Å². The zero-order chi connectivity index (χ0) is 11.1. The van der Waals surface area contributed by atoms with Gasteiger partial charge < -0.3 is 15.6 Å². The van der Waals surface area contributed by atoms with Crippen molar-refractivity contribution in [3.05, 3.63) is 29.8 Å². The molecule has 0 heterocycles. The number of benzene rings is 1. The maximum Gasteiger partial charge on any atom is 0.119 e. The molecule has 0 fully saturated rings. The van der Waals surface area contributed by atoms with Crippen molar-refractivity contribution in [2.75, 3.05) is 18.5 Å². The summed E-state index contributed by atoms with van der Waals surface area (Å²) < 4.78 is 5.46. The van der Waals surface area contributed by atoms with E-state index in [9.17, 15) is 0 Å². The third-order valence-electron chi connectivity index (χ3n) is 2.07. The molecule has 0 aliphatic rings. The number of alkyl halides is 1. The van der Waals surface area contributed by atoms with E-state index >= 15 is 0 Å². The molecular formula is C11H17BrClNO2. The van der Waals surface area contributed by atoms with Crippen LogP contribution in [0.1, 0.15) is 18.0 Å². The first-order valence-corrected chi connectivity index (χ1v) is 6.05. The van der Waals surface area contributed by atoms with Crippen molar-refractivity contribution < 1.29 is 9.84 Å². The predicted octanol–water partition coefficient (Wildman–Crippen LogP) is 2.26. The van der Waals surface area contributed by atoms with E-state index < -0.39 is 0 Å². The Morgan fingerprint density at radius 1 is 1.44 bits per heavy atom. The van der Waals surface area contributed by atoms with Gasteiger partial charge in [0.15, 0.2) is 0 Å². The predicted molar refractivity (Wildman–Crippen MR) is 71.6 cm³/mol. The largest absolute Gasteiger partial charge is 0.493 e. The molecule has 0 saturated heterocycles. The van der Waals surface area contributed by atoms with Crippen LogP contribution in [0, 0.1) is 0 Å². The molecule has 0 radical (unpaired) electrons. The molecule has 1 rings (SSSR count). The standard InChI is InChI=1S/C11H16BrNO2.ClH/c12-5-7-15-10-3-1-2-9(8-10)11(13)4-6-14;/h1-3,8,11,14H,4-7,13H2;1H. The molecule has 3 N–H and O–H groups in total. The van der Waals surface area contributed by atoms with Crippen LogP contribution in [-0.4, -0.2) is 23.7 Å². The van der Waals surface area contributed by atoms with Gasteiger partial charge in [0, 0.05) is 18.0 Å². The van der Waals surface area contributed by atoms with Crippen molar-refractivity contribution >= 4 is 28.3 Å². The molecule has 0 saturated carbocycles. The van der Waals surface area contributed by atoms with Crippen molar-refractivity contribution in [3.63, 3.8) is 0 Å². The van der Waals surface area contributed by atoms with Crippen molar-refractivity contribution in [1.29, 1.82) is 0 Å². The topological polar surface area (TPSA) is 55.5 Å². The number of hydrogen-bond acceptors (Lipinski definition) is 3. The average Bonchev–Trinajstić information content (AvgIpc) is 2.27. The second-order valence-electron chi connectivity index (χ2n) is 3.23. The lowest BCUT2D eigenvalue weighted by molar-refractivity contribution is 0.276. The van der Waals surface area contributed by atoms with Crippen LogP contribution in [0.4, 0.5) is 0 Å². The highest BCUT2D eigenvalue weighted by atomic mass is 79.9. The number of ether oxygens (including phenoxy) is 1. The van der Waals surface area contributed by atoms with Gasteiger partial charge in [-0.1, -0.05) is 28.1 Å². The fourth-order valence-electron chi connectivity index (χ4n) is 1.30. The van der Waals surface area contributed by atoms with Gasteiger partial charge in [0.1, 0.15) is 5.75 Å². The molecule has 0 amide bonds. The molecule has 0 spiro atoms. The van der Waals surface area contributed by atoms with Crippen LogP contribution in [0.3, 0.4) is 0 Å². The van der Waals surface area contributed by atoms with Crippen LogP contribution in [0.2, 0.25) is 0 Å². The molecule has 0 bridgehead atoms. The van der Waals surface area contributed by atoms with Crippen LogP contribution >= 0.6 is 28.3 Å². The minimum atomic E-state index is -0.123. The second-order valence-corrected chi connectivity index (χ2v) is 4.02. The van der Waals surface area contributed by atoms with E-state index in [4.69, 9.17) is 15.6 Å². The summed E-state index contributed by atoms with van der Waals surface area (Å²) in [6, 6.07) is 7.56.